The number of halogens is 1. The molecule has 1 saturated heterocycles. The highest BCUT2D eigenvalue weighted by atomic mass is 19.1. The Hall–Kier alpha value is -2.79. The van der Waals surface area contributed by atoms with Crippen molar-refractivity contribution >= 4 is 22.5 Å². The zero-order chi connectivity index (χ0) is 18.4. The number of piperidine rings is 1. The van der Waals surface area contributed by atoms with Gasteiger partial charge in [-0.25, -0.2) is 4.39 Å². The van der Waals surface area contributed by atoms with Crippen molar-refractivity contribution in [3.05, 3.63) is 71.4 Å². The van der Waals surface area contributed by atoms with Crippen LogP contribution in [0.3, 0.4) is 0 Å². The molecule has 0 saturated carbocycles. The second kappa shape index (κ2) is 6.13. The quantitative estimate of drug-likeness (QED) is 0.758. The van der Waals surface area contributed by atoms with Gasteiger partial charge in [-0.3, -0.25) is 14.7 Å². The lowest BCUT2D eigenvalue weighted by Crippen LogP contribution is -2.40. The van der Waals surface area contributed by atoms with Crippen LogP contribution in [0, 0.1) is 0 Å². The van der Waals surface area contributed by atoms with E-state index in [4.69, 9.17) is 0 Å². The Bertz CT molecular complexity index is 1030. The highest BCUT2D eigenvalue weighted by Gasteiger charge is 2.39. The Morgan fingerprint density at radius 1 is 1.07 bits per heavy atom. The van der Waals surface area contributed by atoms with Crippen molar-refractivity contribution in [2.24, 2.45) is 0 Å². The summed E-state index contributed by atoms with van der Waals surface area (Å²) in [6, 6.07) is 15.6. The number of likely N-dealkylation sites (tertiary alicyclic amines) is 1. The fourth-order valence-corrected chi connectivity index (χ4v) is 4.29. The van der Waals surface area contributed by atoms with Gasteiger partial charge in [0.25, 0.3) is 5.91 Å². The molecule has 0 spiro atoms. The Balaban J connectivity index is 1.43. The van der Waals surface area contributed by atoms with Crippen molar-refractivity contribution in [1.82, 2.24) is 9.88 Å². The average Bonchev–Trinajstić information content (AvgIpc) is 3.02. The molecule has 1 N–H and O–H groups in total. The predicted octanol–water partition coefficient (Wildman–Crippen LogP) is 4.26. The van der Waals surface area contributed by atoms with Crippen LogP contribution in [0.1, 0.15) is 34.3 Å². The minimum Gasteiger partial charge on any atom is -0.321 e. The van der Waals surface area contributed by atoms with Crippen molar-refractivity contribution in [1.29, 1.82) is 0 Å². The number of carbonyl (C=O) groups excluding carboxylic acids is 1. The van der Waals surface area contributed by atoms with E-state index in [0.29, 0.717) is 42.6 Å². The maximum atomic E-state index is 16.0. The van der Waals surface area contributed by atoms with Gasteiger partial charge in [-0.05, 0) is 30.5 Å². The van der Waals surface area contributed by atoms with Gasteiger partial charge in [0.15, 0.2) is 0 Å². The summed E-state index contributed by atoms with van der Waals surface area (Å²) in [5, 5.41) is 3.59. The van der Waals surface area contributed by atoms with Crippen LogP contribution in [0.25, 0.3) is 10.9 Å². The van der Waals surface area contributed by atoms with Gasteiger partial charge in [-0.2, -0.15) is 0 Å². The van der Waals surface area contributed by atoms with Gasteiger partial charge in [0.05, 0.1) is 16.8 Å². The third kappa shape index (κ3) is 2.70. The van der Waals surface area contributed by atoms with E-state index >= 15 is 4.39 Å². The summed E-state index contributed by atoms with van der Waals surface area (Å²) in [6.07, 6.45) is 2.51. The molecular formula is C22H20FN3O. The number of hydrogen-bond donors (Lipinski definition) is 1. The van der Waals surface area contributed by atoms with Crippen LogP contribution < -0.4 is 5.32 Å². The van der Waals surface area contributed by atoms with Gasteiger partial charge < -0.3 is 5.32 Å². The van der Waals surface area contributed by atoms with E-state index < -0.39 is 5.67 Å². The molecule has 0 atom stereocenters. The van der Waals surface area contributed by atoms with E-state index in [9.17, 15) is 4.79 Å². The van der Waals surface area contributed by atoms with Crippen molar-refractivity contribution in [3.63, 3.8) is 0 Å². The number of amides is 1. The summed E-state index contributed by atoms with van der Waals surface area (Å²) in [4.78, 5) is 18.8. The maximum absolute atomic E-state index is 16.0. The summed E-state index contributed by atoms with van der Waals surface area (Å²) in [6.45, 7) is 2.24. The number of benzene rings is 2. The monoisotopic (exact) mass is 361 g/mol. The largest absolute Gasteiger partial charge is 0.321 e. The van der Waals surface area contributed by atoms with Crippen LogP contribution >= 0.6 is 0 Å². The number of aromatic nitrogens is 1. The first-order valence-electron chi connectivity index (χ1n) is 9.33. The normalized spacial score (nSPS) is 18.6. The number of hydrogen-bond acceptors (Lipinski definition) is 3. The molecule has 2 aliphatic heterocycles. The summed E-state index contributed by atoms with van der Waals surface area (Å²) >= 11 is 0. The minimum absolute atomic E-state index is 0.139. The number of carbonyl (C=O) groups is 1. The molecule has 136 valence electrons. The molecule has 1 aromatic heterocycles. The predicted molar refractivity (Wildman–Crippen MR) is 103 cm³/mol. The van der Waals surface area contributed by atoms with E-state index in [1.807, 2.05) is 18.2 Å². The second-order valence-corrected chi connectivity index (χ2v) is 7.42. The van der Waals surface area contributed by atoms with Gasteiger partial charge >= 0.3 is 0 Å². The highest BCUT2D eigenvalue weighted by molar-refractivity contribution is 6.23. The van der Waals surface area contributed by atoms with Gasteiger partial charge in [-0.1, -0.05) is 36.4 Å². The van der Waals surface area contributed by atoms with Crippen LogP contribution in [0.15, 0.2) is 54.7 Å². The number of pyridine rings is 1. The average molecular weight is 361 g/mol. The molecule has 27 heavy (non-hydrogen) atoms. The molecule has 2 aliphatic rings. The molecule has 5 rings (SSSR count). The first kappa shape index (κ1) is 16.4. The summed E-state index contributed by atoms with van der Waals surface area (Å²) in [5.41, 5.74) is 2.37. The Kier molecular flexibility index (Phi) is 3.72. The zero-order valence-corrected chi connectivity index (χ0v) is 14.9. The number of alkyl halides is 1. The minimum atomic E-state index is -1.41. The van der Waals surface area contributed by atoms with Crippen molar-refractivity contribution < 1.29 is 9.18 Å². The number of nitrogens with one attached hydrogen (secondary N) is 1. The van der Waals surface area contributed by atoms with Crippen LogP contribution in [-0.4, -0.2) is 28.9 Å². The molecule has 3 aromatic rings. The fraction of sp³-hybridized carbons (Fsp3) is 0.273. The summed E-state index contributed by atoms with van der Waals surface area (Å²) in [5.74, 6) is -0.139. The molecule has 1 fully saturated rings. The van der Waals surface area contributed by atoms with Gasteiger partial charge in [0.1, 0.15) is 5.67 Å². The molecule has 3 heterocycles. The second-order valence-electron chi connectivity index (χ2n) is 7.42. The lowest BCUT2D eigenvalue weighted by molar-refractivity contribution is 0.0536. The Morgan fingerprint density at radius 2 is 1.85 bits per heavy atom. The van der Waals surface area contributed by atoms with E-state index in [-0.39, 0.29) is 5.91 Å². The molecule has 0 bridgehead atoms. The van der Waals surface area contributed by atoms with E-state index in [1.54, 1.807) is 24.4 Å². The third-order valence-electron chi connectivity index (χ3n) is 5.77. The van der Waals surface area contributed by atoms with Crippen LogP contribution in [0.4, 0.5) is 10.1 Å². The number of nitrogens with zero attached hydrogens (tertiary/aromatic N) is 2. The Morgan fingerprint density at radius 3 is 2.63 bits per heavy atom. The third-order valence-corrected chi connectivity index (χ3v) is 5.77. The molecule has 1 amide bonds. The molecule has 4 nitrogen and oxygen atoms in total. The molecular weight excluding hydrogens is 341 g/mol. The fourth-order valence-electron chi connectivity index (χ4n) is 4.29. The molecule has 0 aliphatic carbocycles. The standard InChI is InChI=1S/C22H20FN3O/c23-22(9-12-26(13-10-22)14-15-4-2-1-3-5-15)17-7-6-16-19-18(25-21(16)27)8-11-24-20(17)19/h1-8,11H,9-10,12-14H2,(H,25,27). The SMILES string of the molecule is O=C1Nc2ccnc3c(C4(F)CCN(Cc5ccccc5)CC4)ccc1c23. The van der Waals surface area contributed by atoms with Crippen molar-refractivity contribution in [2.45, 2.75) is 25.1 Å². The van der Waals surface area contributed by atoms with Gasteiger partial charge in [0, 0.05) is 36.8 Å². The van der Waals surface area contributed by atoms with E-state index in [0.717, 1.165) is 17.6 Å². The van der Waals surface area contributed by atoms with Crippen LogP contribution in [-0.2, 0) is 12.2 Å². The maximum Gasteiger partial charge on any atom is 0.256 e. The summed E-state index contributed by atoms with van der Waals surface area (Å²) in [7, 11) is 0. The van der Waals surface area contributed by atoms with Crippen molar-refractivity contribution in [3.8, 4) is 0 Å². The topological polar surface area (TPSA) is 45.2 Å². The lowest BCUT2D eigenvalue weighted by Gasteiger charge is -2.37. The Labute approximate surface area is 157 Å². The number of rotatable bonds is 3. The first-order chi connectivity index (χ1) is 13.1. The van der Waals surface area contributed by atoms with Gasteiger partial charge in [-0.15, -0.1) is 0 Å². The van der Waals surface area contributed by atoms with Crippen molar-refractivity contribution in [2.75, 3.05) is 18.4 Å². The van der Waals surface area contributed by atoms with Crippen LogP contribution in [0.5, 0.6) is 0 Å². The zero-order valence-electron chi connectivity index (χ0n) is 14.9. The molecule has 0 unspecified atom stereocenters. The van der Waals surface area contributed by atoms with E-state index in [1.165, 1.54) is 5.56 Å². The van der Waals surface area contributed by atoms with E-state index in [2.05, 4.69) is 27.3 Å². The number of anilines is 1. The summed E-state index contributed by atoms with van der Waals surface area (Å²) < 4.78 is 16.0. The first-order valence-corrected chi connectivity index (χ1v) is 9.33. The van der Waals surface area contributed by atoms with Crippen LogP contribution in [0.2, 0.25) is 0 Å². The molecule has 0 radical (unpaired) electrons. The lowest BCUT2D eigenvalue weighted by atomic mass is 9.84. The highest BCUT2D eigenvalue weighted by Crippen LogP contribution is 2.43. The van der Waals surface area contributed by atoms with Gasteiger partial charge in [0.2, 0.25) is 0 Å². The molecule has 2 aromatic carbocycles. The molecule has 5 heteroatoms. The smallest absolute Gasteiger partial charge is 0.256 e.